The molecule has 0 atom stereocenters. The Hall–Kier alpha value is -3.59. The van der Waals surface area contributed by atoms with Gasteiger partial charge < -0.3 is 10.1 Å². The summed E-state index contributed by atoms with van der Waals surface area (Å²) >= 11 is 0.984. The van der Waals surface area contributed by atoms with Crippen LogP contribution in [-0.2, 0) is 16.0 Å². The molecule has 4 amide bonds. The van der Waals surface area contributed by atoms with E-state index in [9.17, 15) is 19.2 Å². The quantitative estimate of drug-likeness (QED) is 0.240. The Labute approximate surface area is 234 Å². The zero-order valence-electron chi connectivity index (χ0n) is 23.0. The maximum atomic E-state index is 12.7. The number of nitrogens with one attached hydrogen (secondary N) is 2. The predicted molar refractivity (Wildman–Crippen MR) is 156 cm³/mol. The summed E-state index contributed by atoms with van der Waals surface area (Å²) in [7, 11) is 0. The van der Waals surface area contributed by atoms with E-state index in [2.05, 4.69) is 17.6 Å². The molecule has 2 aromatic rings. The molecule has 3 rings (SSSR count). The van der Waals surface area contributed by atoms with Crippen molar-refractivity contribution in [2.24, 2.45) is 0 Å². The molecular formula is C30H37N3O5S. The number of para-hydroxylation sites is 1. The van der Waals surface area contributed by atoms with E-state index in [1.165, 1.54) is 10.5 Å². The zero-order chi connectivity index (χ0) is 28.4. The highest BCUT2D eigenvalue weighted by atomic mass is 32.2. The van der Waals surface area contributed by atoms with Gasteiger partial charge in [-0.25, -0.2) is 4.79 Å². The number of hydrogen-bond donors (Lipinski definition) is 2. The molecule has 39 heavy (non-hydrogen) atoms. The first kappa shape index (κ1) is 30.0. The predicted octanol–water partition coefficient (Wildman–Crippen LogP) is 6.62. The number of ether oxygens (including phenoxy) is 1. The number of unbranched alkanes of at least 4 members (excludes halogenated alkanes) is 3. The molecule has 2 N–H and O–H groups in total. The summed E-state index contributed by atoms with van der Waals surface area (Å²) < 4.78 is 5.27. The van der Waals surface area contributed by atoms with E-state index in [-0.39, 0.29) is 17.1 Å². The highest BCUT2D eigenvalue weighted by Gasteiger charge is 2.34. The summed E-state index contributed by atoms with van der Waals surface area (Å²) in [5.41, 5.74) is 2.23. The minimum absolute atomic E-state index is 0.234. The van der Waals surface area contributed by atoms with Gasteiger partial charge in [-0.15, -0.1) is 0 Å². The van der Waals surface area contributed by atoms with E-state index in [1.54, 1.807) is 51.1 Å². The summed E-state index contributed by atoms with van der Waals surface area (Å²) in [5.74, 6) is -0.522. The number of nitrogens with zero attached hydrogens (tertiary/aromatic N) is 1. The Morgan fingerprint density at radius 3 is 2.36 bits per heavy atom. The summed E-state index contributed by atoms with van der Waals surface area (Å²) in [4.78, 5) is 51.6. The topological polar surface area (TPSA) is 105 Å². The average molecular weight is 552 g/mol. The van der Waals surface area contributed by atoms with Gasteiger partial charge >= 0.3 is 6.09 Å². The fraction of sp³-hybridized carbons (Fsp3) is 0.400. The number of benzene rings is 2. The number of carbonyl (C=O) groups is 4. The first-order valence-electron chi connectivity index (χ1n) is 13.3. The fourth-order valence-electron chi connectivity index (χ4n) is 3.94. The van der Waals surface area contributed by atoms with E-state index in [4.69, 9.17) is 4.74 Å². The molecule has 0 spiro atoms. The molecule has 0 aromatic heterocycles. The van der Waals surface area contributed by atoms with Crippen LogP contribution < -0.4 is 10.6 Å². The SMILES string of the molecule is CCc1ccc(C=C2SC(=O)N(CCCCCCNC(=O)c3ccccc3NC(=O)OC(C)(C)C)C2=O)cc1. The highest BCUT2D eigenvalue weighted by molar-refractivity contribution is 8.18. The molecule has 9 heteroatoms. The molecule has 208 valence electrons. The van der Waals surface area contributed by atoms with Crippen molar-refractivity contribution < 1.29 is 23.9 Å². The number of thioether (sulfide) groups is 1. The van der Waals surface area contributed by atoms with Gasteiger partial charge in [-0.05, 0) is 81.1 Å². The monoisotopic (exact) mass is 551 g/mol. The highest BCUT2D eigenvalue weighted by Crippen LogP contribution is 2.32. The number of aryl methyl sites for hydroxylation is 1. The molecule has 2 aromatic carbocycles. The van der Waals surface area contributed by atoms with Crippen molar-refractivity contribution in [3.05, 3.63) is 70.1 Å². The average Bonchev–Trinajstić information content (AvgIpc) is 3.14. The van der Waals surface area contributed by atoms with E-state index < -0.39 is 11.7 Å². The van der Waals surface area contributed by atoms with Gasteiger partial charge in [0.05, 0.1) is 16.2 Å². The third-order valence-electron chi connectivity index (χ3n) is 5.96. The lowest BCUT2D eigenvalue weighted by Crippen LogP contribution is -2.29. The number of anilines is 1. The summed E-state index contributed by atoms with van der Waals surface area (Å²) in [5, 5.41) is 5.28. The maximum Gasteiger partial charge on any atom is 0.412 e. The fourth-order valence-corrected chi connectivity index (χ4v) is 4.81. The largest absolute Gasteiger partial charge is 0.444 e. The maximum absolute atomic E-state index is 12.7. The van der Waals surface area contributed by atoms with Gasteiger partial charge in [0.1, 0.15) is 5.60 Å². The lowest BCUT2D eigenvalue weighted by atomic mass is 10.1. The van der Waals surface area contributed by atoms with Crippen molar-refractivity contribution in [2.45, 2.75) is 65.4 Å². The molecule has 0 radical (unpaired) electrons. The lowest BCUT2D eigenvalue weighted by Gasteiger charge is -2.20. The van der Waals surface area contributed by atoms with Crippen molar-refractivity contribution in [2.75, 3.05) is 18.4 Å². The van der Waals surface area contributed by atoms with Gasteiger partial charge in [-0.3, -0.25) is 24.6 Å². The van der Waals surface area contributed by atoms with Crippen LogP contribution in [0.25, 0.3) is 6.08 Å². The minimum atomic E-state index is -0.643. The van der Waals surface area contributed by atoms with E-state index in [0.717, 1.165) is 43.0 Å². The van der Waals surface area contributed by atoms with E-state index in [1.807, 2.05) is 24.3 Å². The minimum Gasteiger partial charge on any atom is -0.444 e. The van der Waals surface area contributed by atoms with Crippen molar-refractivity contribution in [3.63, 3.8) is 0 Å². The Morgan fingerprint density at radius 2 is 1.67 bits per heavy atom. The second-order valence-corrected chi connectivity index (χ2v) is 11.3. The standard InChI is InChI=1S/C30H37N3O5S/c1-5-21-14-16-22(17-15-21)20-25-27(35)33(29(37)39-25)19-11-7-6-10-18-31-26(34)23-12-8-9-13-24(23)32-28(36)38-30(2,3)4/h8-9,12-17,20H,5-7,10-11,18-19H2,1-4H3,(H,31,34)(H,32,36). The van der Waals surface area contributed by atoms with Crippen LogP contribution in [-0.4, -0.2) is 46.7 Å². The Bertz CT molecular complexity index is 1220. The third kappa shape index (κ3) is 9.28. The van der Waals surface area contributed by atoms with Crippen LogP contribution in [0.4, 0.5) is 15.3 Å². The van der Waals surface area contributed by atoms with Gasteiger partial charge in [0.2, 0.25) is 0 Å². The van der Waals surface area contributed by atoms with Crippen molar-refractivity contribution >= 4 is 46.7 Å². The van der Waals surface area contributed by atoms with Crippen molar-refractivity contribution in [1.29, 1.82) is 0 Å². The van der Waals surface area contributed by atoms with Crippen LogP contribution in [0.2, 0.25) is 0 Å². The summed E-state index contributed by atoms with van der Waals surface area (Å²) in [6.45, 7) is 8.25. The molecule has 0 unspecified atom stereocenters. The first-order valence-corrected chi connectivity index (χ1v) is 14.1. The second-order valence-electron chi connectivity index (χ2n) is 10.3. The molecule has 1 aliphatic rings. The first-order chi connectivity index (χ1) is 18.6. The van der Waals surface area contributed by atoms with Crippen LogP contribution in [0.15, 0.2) is 53.4 Å². The Balaban J connectivity index is 1.38. The molecule has 1 aliphatic heterocycles. The number of carbonyl (C=O) groups excluding carboxylic acids is 4. The molecule has 0 bridgehead atoms. The number of imide groups is 1. The number of hydrogen-bond acceptors (Lipinski definition) is 6. The number of rotatable bonds is 11. The normalized spacial score (nSPS) is 14.6. The van der Waals surface area contributed by atoms with Gasteiger partial charge in [-0.1, -0.05) is 56.2 Å². The molecule has 1 fully saturated rings. The van der Waals surface area contributed by atoms with Crippen LogP contribution in [0.3, 0.4) is 0 Å². The summed E-state index contributed by atoms with van der Waals surface area (Å²) in [6.07, 6.45) is 5.22. The molecular weight excluding hydrogens is 514 g/mol. The van der Waals surface area contributed by atoms with Crippen molar-refractivity contribution in [1.82, 2.24) is 10.2 Å². The van der Waals surface area contributed by atoms with Crippen LogP contribution in [0.1, 0.15) is 74.9 Å². The third-order valence-corrected chi connectivity index (χ3v) is 6.87. The van der Waals surface area contributed by atoms with Crippen molar-refractivity contribution in [3.8, 4) is 0 Å². The van der Waals surface area contributed by atoms with Gasteiger partial charge in [-0.2, -0.15) is 0 Å². The smallest absolute Gasteiger partial charge is 0.412 e. The number of amides is 4. The Morgan fingerprint density at radius 1 is 0.974 bits per heavy atom. The van der Waals surface area contributed by atoms with E-state index in [0.29, 0.717) is 35.7 Å². The van der Waals surface area contributed by atoms with Crippen LogP contribution >= 0.6 is 11.8 Å². The molecule has 1 saturated heterocycles. The van der Waals surface area contributed by atoms with Gasteiger partial charge in [0.25, 0.3) is 17.1 Å². The molecule has 8 nitrogen and oxygen atoms in total. The molecule has 0 saturated carbocycles. The summed E-state index contributed by atoms with van der Waals surface area (Å²) in [6, 6.07) is 14.7. The Kier molecular flexibility index (Phi) is 10.7. The van der Waals surface area contributed by atoms with Crippen LogP contribution in [0, 0.1) is 0 Å². The molecule has 1 heterocycles. The van der Waals surface area contributed by atoms with Gasteiger partial charge in [0.15, 0.2) is 0 Å². The van der Waals surface area contributed by atoms with Crippen LogP contribution in [0.5, 0.6) is 0 Å². The van der Waals surface area contributed by atoms with E-state index >= 15 is 0 Å². The van der Waals surface area contributed by atoms with Gasteiger partial charge in [0, 0.05) is 13.1 Å². The lowest BCUT2D eigenvalue weighted by molar-refractivity contribution is -0.122. The zero-order valence-corrected chi connectivity index (χ0v) is 23.9. The molecule has 0 aliphatic carbocycles. The second kappa shape index (κ2) is 14.0.